The topological polar surface area (TPSA) is 108 Å². The first kappa shape index (κ1) is 23.1. The lowest BCUT2D eigenvalue weighted by Gasteiger charge is -2.29. The van der Waals surface area contributed by atoms with E-state index in [9.17, 15) is 14.2 Å². The van der Waals surface area contributed by atoms with Crippen molar-refractivity contribution in [1.82, 2.24) is 0 Å². The number of aliphatic hydroxyl groups is 1. The monoisotopic (exact) mass is 368 g/mol. The van der Waals surface area contributed by atoms with Gasteiger partial charge in [-0.05, 0) is 33.6 Å². The maximum atomic E-state index is 13.1. The summed E-state index contributed by atoms with van der Waals surface area (Å²) in [5, 5.41) is 8.93. The van der Waals surface area contributed by atoms with Gasteiger partial charge >= 0.3 is 19.5 Å². The molecule has 2 unspecified atom stereocenters. The van der Waals surface area contributed by atoms with Crippen LogP contribution in [0.15, 0.2) is 0 Å². The first-order valence-corrected chi connectivity index (χ1v) is 9.77. The van der Waals surface area contributed by atoms with Gasteiger partial charge in [0.1, 0.15) is 0 Å². The summed E-state index contributed by atoms with van der Waals surface area (Å²) >= 11 is 0. The Morgan fingerprint density at radius 3 is 2.00 bits per heavy atom. The normalized spacial score (nSPS) is 14.0. The number of hydrogen-bond acceptors (Lipinski definition) is 8. The molecule has 9 heteroatoms. The van der Waals surface area contributed by atoms with E-state index in [-0.39, 0.29) is 32.8 Å². The van der Waals surface area contributed by atoms with E-state index in [1.165, 1.54) is 0 Å². The van der Waals surface area contributed by atoms with Gasteiger partial charge in [0.15, 0.2) is 5.66 Å². The van der Waals surface area contributed by atoms with E-state index in [4.69, 9.17) is 23.6 Å². The molecular formula is C15H29O8P. The average Bonchev–Trinajstić information content (AvgIpc) is 2.54. The Balaban J connectivity index is 5.74. The SMILES string of the molecule is CCOC(=O)C(CCCCO)C(C(=O)OC)P(=O)(OCC)OCC. The van der Waals surface area contributed by atoms with Crippen molar-refractivity contribution in [3.63, 3.8) is 0 Å². The number of hydrogen-bond donors (Lipinski definition) is 1. The molecule has 0 aromatic rings. The van der Waals surface area contributed by atoms with Crippen LogP contribution in [0.3, 0.4) is 0 Å². The van der Waals surface area contributed by atoms with Crippen LogP contribution in [-0.2, 0) is 32.7 Å². The maximum absolute atomic E-state index is 13.1. The van der Waals surface area contributed by atoms with E-state index >= 15 is 0 Å². The molecule has 0 radical (unpaired) electrons. The number of unbranched alkanes of at least 4 members (excludes halogenated alkanes) is 1. The predicted molar refractivity (Wildman–Crippen MR) is 87.7 cm³/mol. The molecule has 0 aliphatic rings. The van der Waals surface area contributed by atoms with Gasteiger partial charge in [0, 0.05) is 6.61 Å². The predicted octanol–water partition coefficient (Wildman–Crippen LogP) is 2.14. The minimum atomic E-state index is -3.92. The van der Waals surface area contributed by atoms with E-state index < -0.39 is 31.1 Å². The lowest BCUT2D eigenvalue weighted by atomic mass is 9.98. The lowest BCUT2D eigenvalue weighted by Crippen LogP contribution is -2.38. The summed E-state index contributed by atoms with van der Waals surface area (Å²) in [5.41, 5.74) is -1.40. The summed E-state index contributed by atoms with van der Waals surface area (Å²) in [5.74, 6) is -2.54. The molecule has 1 N–H and O–H groups in total. The van der Waals surface area contributed by atoms with Gasteiger partial charge in [-0.25, -0.2) is 0 Å². The minimum Gasteiger partial charge on any atom is -0.468 e. The summed E-state index contributed by atoms with van der Waals surface area (Å²) in [7, 11) is -2.78. The van der Waals surface area contributed by atoms with Gasteiger partial charge in [0.05, 0.1) is 32.8 Å². The zero-order chi connectivity index (χ0) is 18.6. The Morgan fingerprint density at radius 2 is 1.58 bits per heavy atom. The molecule has 0 bridgehead atoms. The molecule has 0 aromatic heterocycles. The van der Waals surface area contributed by atoms with Crippen LogP contribution in [-0.4, -0.2) is 56.2 Å². The van der Waals surface area contributed by atoms with E-state index in [0.29, 0.717) is 12.8 Å². The molecule has 0 saturated carbocycles. The fourth-order valence-corrected chi connectivity index (χ4v) is 4.51. The summed E-state index contributed by atoms with van der Waals surface area (Å²) in [6.45, 7) is 5.05. The van der Waals surface area contributed by atoms with Crippen molar-refractivity contribution in [3.05, 3.63) is 0 Å². The number of methoxy groups -OCH3 is 1. The summed E-state index contributed by atoms with van der Waals surface area (Å²) < 4.78 is 33.3. The van der Waals surface area contributed by atoms with E-state index in [1.54, 1.807) is 20.8 Å². The third kappa shape index (κ3) is 6.89. The molecule has 0 heterocycles. The van der Waals surface area contributed by atoms with E-state index in [0.717, 1.165) is 7.11 Å². The molecule has 0 rings (SSSR count). The molecule has 0 aliphatic heterocycles. The van der Waals surface area contributed by atoms with Crippen LogP contribution < -0.4 is 0 Å². The summed E-state index contributed by atoms with van der Waals surface area (Å²) in [6, 6.07) is 0. The second-order valence-corrected chi connectivity index (χ2v) is 7.07. The molecule has 2 atom stereocenters. The van der Waals surface area contributed by atoms with Crippen molar-refractivity contribution >= 4 is 19.5 Å². The molecule has 0 fully saturated rings. The number of rotatable bonds is 13. The molecular weight excluding hydrogens is 339 g/mol. The van der Waals surface area contributed by atoms with Crippen molar-refractivity contribution in [2.45, 2.75) is 45.7 Å². The molecule has 142 valence electrons. The second-order valence-electron chi connectivity index (χ2n) is 4.92. The molecule has 0 aromatic carbocycles. The fourth-order valence-electron chi connectivity index (χ4n) is 2.32. The number of carbonyl (C=O) groups excluding carboxylic acids is 2. The number of ether oxygens (including phenoxy) is 2. The van der Waals surface area contributed by atoms with Crippen LogP contribution >= 0.6 is 7.60 Å². The molecule has 0 saturated heterocycles. The molecule has 0 spiro atoms. The lowest BCUT2D eigenvalue weighted by molar-refractivity contribution is -0.154. The van der Waals surface area contributed by atoms with Crippen LogP contribution in [0.4, 0.5) is 0 Å². The zero-order valence-corrected chi connectivity index (χ0v) is 15.8. The van der Waals surface area contributed by atoms with Gasteiger partial charge in [-0.15, -0.1) is 0 Å². The third-order valence-electron chi connectivity index (χ3n) is 3.30. The Bertz CT molecular complexity index is 416. The first-order valence-electron chi connectivity index (χ1n) is 8.15. The van der Waals surface area contributed by atoms with Gasteiger partial charge < -0.3 is 23.6 Å². The Labute approximate surface area is 143 Å². The van der Waals surface area contributed by atoms with Crippen LogP contribution in [0.5, 0.6) is 0 Å². The van der Waals surface area contributed by atoms with Gasteiger partial charge in [-0.1, -0.05) is 6.42 Å². The number of carbonyl (C=O) groups is 2. The first-order chi connectivity index (χ1) is 11.4. The quantitative estimate of drug-likeness (QED) is 0.299. The molecule has 8 nitrogen and oxygen atoms in total. The van der Waals surface area contributed by atoms with Crippen molar-refractivity contribution in [3.8, 4) is 0 Å². The maximum Gasteiger partial charge on any atom is 0.345 e. The summed E-state index contributed by atoms with van der Waals surface area (Å²) in [4.78, 5) is 24.6. The van der Waals surface area contributed by atoms with Gasteiger partial charge in [-0.3, -0.25) is 14.2 Å². The van der Waals surface area contributed by atoms with Crippen LogP contribution in [0, 0.1) is 5.92 Å². The number of aliphatic hydroxyl groups excluding tert-OH is 1. The van der Waals surface area contributed by atoms with Gasteiger partial charge in [-0.2, -0.15) is 0 Å². The van der Waals surface area contributed by atoms with Crippen LogP contribution in [0.25, 0.3) is 0 Å². The standard InChI is InChI=1S/C15H29O8P/c1-5-21-14(17)12(10-8-9-11-16)13(15(18)20-4)24(19,22-6-2)23-7-3/h12-13,16H,5-11H2,1-4H3. The van der Waals surface area contributed by atoms with E-state index in [2.05, 4.69) is 0 Å². The van der Waals surface area contributed by atoms with Gasteiger partial charge in [0.25, 0.3) is 0 Å². The van der Waals surface area contributed by atoms with E-state index in [1.807, 2.05) is 0 Å². The minimum absolute atomic E-state index is 0.0486. The average molecular weight is 368 g/mol. The second kappa shape index (κ2) is 12.4. The van der Waals surface area contributed by atoms with Crippen LogP contribution in [0.1, 0.15) is 40.0 Å². The Morgan fingerprint density at radius 1 is 1.00 bits per heavy atom. The summed E-state index contributed by atoms with van der Waals surface area (Å²) in [6.07, 6.45) is 1.09. The number of esters is 2. The smallest absolute Gasteiger partial charge is 0.345 e. The van der Waals surface area contributed by atoms with Crippen molar-refractivity contribution < 1.29 is 37.8 Å². The largest absolute Gasteiger partial charge is 0.468 e. The molecule has 0 amide bonds. The zero-order valence-electron chi connectivity index (χ0n) is 14.9. The highest BCUT2D eigenvalue weighted by molar-refractivity contribution is 7.55. The van der Waals surface area contributed by atoms with Crippen molar-refractivity contribution in [2.24, 2.45) is 5.92 Å². The van der Waals surface area contributed by atoms with Crippen molar-refractivity contribution in [2.75, 3.05) is 33.5 Å². The molecule has 0 aliphatic carbocycles. The van der Waals surface area contributed by atoms with Gasteiger partial charge in [0.2, 0.25) is 0 Å². The fraction of sp³-hybridized carbons (Fsp3) is 0.867. The Hall–Kier alpha value is -0.950. The highest BCUT2D eigenvalue weighted by Gasteiger charge is 2.50. The van der Waals surface area contributed by atoms with Crippen molar-refractivity contribution in [1.29, 1.82) is 0 Å². The highest BCUT2D eigenvalue weighted by Crippen LogP contribution is 2.56. The van der Waals surface area contributed by atoms with Crippen LogP contribution in [0.2, 0.25) is 0 Å². The highest BCUT2D eigenvalue weighted by atomic mass is 31.2. The third-order valence-corrected chi connectivity index (χ3v) is 5.78. The Kier molecular flexibility index (Phi) is 11.9. The molecule has 24 heavy (non-hydrogen) atoms.